The van der Waals surface area contributed by atoms with Gasteiger partial charge in [0.05, 0.1) is 0 Å². The van der Waals surface area contributed by atoms with Crippen LogP contribution in [0.5, 0.6) is 0 Å². The zero-order valence-electron chi connectivity index (χ0n) is 27.0. The van der Waals surface area contributed by atoms with Crippen molar-refractivity contribution in [2.24, 2.45) is 5.92 Å². The predicted octanol–water partition coefficient (Wildman–Crippen LogP) is 11.4. The summed E-state index contributed by atoms with van der Waals surface area (Å²) in [7, 11) is 0. The van der Waals surface area contributed by atoms with E-state index in [4.69, 9.17) is 0 Å². The van der Waals surface area contributed by atoms with E-state index in [2.05, 4.69) is 148 Å². The number of nitrogens with zero attached hydrogens (tertiary/aromatic N) is 2. The van der Waals surface area contributed by atoms with E-state index in [1.807, 2.05) is 35.9 Å². The Kier molecular flexibility index (Phi) is 11.0. The molecule has 0 saturated heterocycles. The van der Waals surface area contributed by atoms with Gasteiger partial charge < -0.3 is 9.97 Å². The maximum Gasteiger partial charge on any atom is 0.0239 e. The van der Waals surface area contributed by atoms with Gasteiger partial charge >= 0.3 is 0 Å². The van der Waals surface area contributed by atoms with Crippen LogP contribution in [-0.4, -0.2) is 9.97 Å². The number of benzene rings is 4. The predicted molar refractivity (Wildman–Crippen MR) is 192 cm³/mol. The number of rotatable bonds is 6. The fourth-order valence-electron chi connectivity index (χ4n) is 5.71. The zero-order valence-corrected chi connectivity index (χ0v) is 30.2. The van der Waals surface area contributed by atoms with Crippen LogP contribution in [-0.2, 0) is 26.5 Å². The van der Waals surface area contributed by atoms with Crippen LogP contribution in [0.1, 0.15) is 54.5 Å². The monoisotopic (exact) mass is 795 g/mol. The molecule has 2 nitrogen and oxygen atoms in total. The molecule has 4 aromatic carbocycles. The summed E-state index contributed by atoms with van der Waals surface area (Å²) in [4.78, 5) is 9.24. The van der Waals surface area contributed by atoms with Crippen molar-refractivity contribution in [2.45, 2.75) is 47.0 Å². The smallest absolute Gasteiger partial charge is 0.0239 e. The van der Waals surface area contributed by atoms with Crippen LogP contribution in [0, 0.1) is 31.9 Å². The van der Waals surface area contributed by atoms with E-state index in [1.165, 1.54) is 48.0 Å². The summed E-state index contributed by atoms with van der Waals surface area (Å²) < 4.78 is 2.57. The normalized spacial score (nSPS) is 11.6. The van der Waals surface area contributed by atoms with Gasteiger partial charge in [-0.3, -0.25) is 0 Å². The molecule has 233 valence electrons. The van der Waals surface area contributed by atoms with E-state index >= 15 is 0 Å². The van der Waals surface area contributed by atoms with Gasteiger partial charge in [0.25, 0.3) is 0 Å². The molecule has 3 heterocycles. The fraction of sp³-hybridized carbons (Fsp3) is 0.190. The molecule has 1 unspecified atom stereocenters. The number of fused-ring (bicyclic) bond motifs is 3. The third-order valence-corrected chi connectivity index (χ3v) is 9.47. The molecule has 0 aliphatic rings. The molecular formula is C42H38IrN2S-2. The van der Waals surface area contributed by atoms with Crippen LogP contribution < -0.4 is 0 Å². The molecular weight excluding hydrogens is 757 g/mol. The van der Waals surface area contributed by atoms with Gasteiger partial charge in [-0.1, -0.05) is 99.3 Å². The molecule has 0 spiro atoms. The van der Waals surface area contributed by atoms with Gasteiger partial charge in [-0.2, -0.15) is 11.3 Å². The molecule has 7 aromatic rings. The third kappa shape index (κ3) is 7.53. The Morgan fingerprint density at radius 3 is 2.26 bits per heavy atom. The van der Waals surface area contributed by atoms with E-state index in [0.717, 1.165) is 28.9 Å². The van der Waals surface area contributed by atoms with Crippen LogP contribution in [0.4, 0.5) is 0 Å². The molecule has 4 heteroatoms. The second kappa shape index (κ2) is 15.1. The fourth-order valence-corrected chi connectivity index (χ4v) is 6.92. The molecule has 0 aliphatic heterocycles. The van der Waals surface area contributed by atoms with Gasteiger partial charge in [0.15, 0.2) is 0 Å². The summed E-state index contributed by atoms with van der Waals surface area (Å²) >= 11 is 1.82. The van der Waals surface area contributed by atoms with Crippen molar-refractivity contribution in [3.63, 3.8) is 0 Å². The largest absolute Gasteiger partial charge is 0.305 e. The maximum atomic E-state index is 4.68. The molecule has 0 aliphatic carbocycles. The van der Waals surface area contributed by atoms with E-state index in [9.17, 15) is 0 Å². The van der Waals surface area contributed by atoms with Crippen molar-refractivity contribution in [2.75, 3.05) is 0 Å². The second-order valence-corrected chi connectivity index (χ2v) is 13.2. The van der Waals surface area contributed by atoms with Gasteiger partial charge in [-0.25, -0.2) is 0 Å². The van der Waals surface area contributed by atoms with Gasteiger partial charge in [0.2, 0.25) is 0 Å². The van der Waals surface area contributed by atoms with Crippen LogP contribution in [0.3, 0.4) is 0 Å². The quantitative estimate of drug-likeness (QED) is 0.157. The first-order valence-corrected chi connectivity index (χ1v) is 16.5. The maximum absolute atomic E-state index is 4.68. The van der Waals surface area contributed by atoms with Gasteiger partial charge in [-0.15, -0.1) is 59.2 Å². The molecule has 46 heavy (non-hydrogen) atoms. The first-order chi connectivity index (χ1) is 21.9. The molecule has 0 N–H and O–H groups in total. The van der Waals surface area contributed by atoms with Gasteiger partial charge in [-0.05, 0) is 69.6 Å². The molecule has 0 fully saturated rings. The minimum Gasteiger partial charge on any atom is -0.305 e. The minimum absolute atomic E-state index is 0. The Morgan fingerprint density at radius 1 is 0.739 bits per heavy atom. The van der Waals surface area contributed by atoms with E-state index in [0.29, 0.717) is 11.8 Å². The summed E-state index contributed by atoms with van der Waals surface area (Å²) in [6.45, 7) is 11.0. The van der Waals surface area contributed by atoms with Gasteiger partial charge in [0, 0.05) is 43.1 Å². The molecule has 0 saturated carbocycles. The molecule has 3 aromatic heterocycles. The van der Waals surface area contributed by atoms with E-state index in [1.54, 1.807) is 0 Å². The number of thiophene rings is 1. The van der Waals surface area contributed by atoms with Crippen molar-refractivity contribution < 1.29 is 20.1 Å². The van der Waals surface area contributed by atoms with Crippen molar-refractivity contribution in [3.8, 4) is 22.5 Å². The summed E-state index contributed by atoms with van der Waals surface area (Å²) in [5.74, 6) is 0.997. The summed E-state index contributed by atoms with van der Waals surface area (Å²) in [6, 6.07) is 42.8. The Balaban J connectivity index is 0.000000193. The van der Waals surface area contributed by atoms with E-state index in [-0.39, 0.29) is 20.1 Å². The SMILES string of the molecule is CC(c1ccccc1)c1ccnc(-c2[c-]ccc3c2sc2ccccc23)c1.Cc1c[c-]c(-c2cc(C)c(CC(C)C)cn2)cc1.[Ir]. The van der Waals surface area contributed by atoms with Crippen LogP contribution in [0.25, 0.3) is 42.7 Å². The molecule has 1 atom stereocenters. The van der Waals surface area contributed by atoms with Crippen LogP contribution in [0.15, 0.2) is 116 Å². The summed E-state index contributed by atoms with van der Waals surface area (Å²) in [5.41, 5.74) is 10.7. The first-order valence-electron chi connectivity index (χ1n) is 15.6. The molecule has 1 radical (unpaired) electrons. The number of hydrogen-bond acceptors (Lipinski definition) is 3. The average molecular weight is 795 g/mol. The number of aryl methyl sites for hydroxylation is 2. The second-order valence-electron chi connectivity index (χ2n) is 12.2. The van der Waals surface area contributed by atoms with Crippen molar-refractivity contribution in [1.29, 1.82) is 0 Å². The number of aromatic nitrogens is 2. The van der Waals surface area contributed by atoms with Crippen molar-refractivity contribution >= 4 is 31.5 Å². The molecule has 7 rings (SSSR count). The first kappa shape index (κ1) is 33.4. The van der Waals surface area contributed by atoms with E-state index < -0.39 is 0 Å². The Bertz CT molecular complexity index is 2050. The zero-order chi connectivity index (χ0) is 31.3. The number of pyridine rings is 2. The van der Waals surface area contributed by atoms with Gasteiger partial charge in [0.1, 0.15) is 0 Å². The van der Waals surface area contributed by atoms with Crippen LogP contribution >= 0.6 is 11.3 Å². The topological polar surface area (TPSA) is 25.8 Å². The Labute approximate surface area is 291 Å². The summed E-state index contributed by atoms with van der Waals surface area (Å²) in [6.07, 6.45) is 5.03. The standard InChI is InChI=1S/C25H18NS.C17H20N.Ir/c1-17(18-8-3-2-4-9-18)19-14-15-26-23(16-19)22-12-7-11-21-20-10-5-6-13-24(20)27-25(21)22;1-12(2)9-16-11-18-17(10-14(16)4)15-7-5-13(3)6-8-15;/h2-11,13-17H,1H3;5-7,10-12H,9H2,1-4H3;/q2*-1;. The third-order valence-electron chi connectivity index (χ3n) is 8.27. The average Bonchev–Trinajstić information content (AvgIpc) is 3.45. The summed E-state index contributed by atoms with van der Waals surface area (Å²) in [5, 5.41) is 2.59. The van der Waals surface area contributed by atoms with Crippen molar-refractivity contribution in [3.05, 3.63) is 155 Å². The van der Waals surface area contributed by atoms with Crippen LogP contribution in [0.2, 0.25) is 0 Å². The number of hydrogen-bond donors (Lipinski definition) is 0. The minimum atomic E-state index is 0. The molecule has 0 bridgehead atoms. The molecule has 0 amide bonds. The van der Waals surface area contributed by atoms with Crippen molar-refractivity contribution in [1.82, 2.24) is 9.97 Å². The Morgan fingerprint density at radius 2 is 1.52 bits per heavy atom. The Hall–Kier alpha value is -3.95.